The number of anilines is 6. The molecule has 0 radical (unpaired) electrons. The van der Waals surface area contributed by atoms with E-state index in [1.54, 1.807) is 0 Å². The van der Waals surface area contributed by atoms with Gasteiger partial charge in [0, 0.05) is 70.6 Å². The summed E-state index contributed by atoms with van der Waals surface area (Å²) in [6.45, 7) is 3.56. The third-order valence-corrected chi connectivity index (χ3v) is 13.3. The fourth-order valence-electron chi connectivity index (χ4n) is 9.56. The molecule has 10 aromatic rings. The van der Waals surface area contributed by atoms with E-state index < -0.39 is 0 Å². The van der Waals surface area contributed by atoms with Gasteiger partial charge in [-0.05, 0) is 169 Å². The molecule has 0 unspecified atom stereocenters. The Bertz CT molecular complexity index is 2930. The van der Waals surface area contributed by atoms with Gasteiger partial charge in [0.2, 0.25) is 0 Å². The third kappa shape index (κ3) is 11.3. The number of unbranched alkanes of at least 4 members (excludes halogenated alkanes) is 6. The summed E-state index contributed by atoms with van der Waals surface area (Å²) in [5, 5.41) is 2.62. The minimum absolute atomic E-state index is 0.721. The fraction of sp³-hybridized carbons (Fsp3) is 0.188. The predicted octanol–water partition coefficient (Wildman–Crippen LogP) is 17.5. The first-order valence-corrected chi connectivity index (χ1v) is 25.2. The quantitative estimate of drug-likeness (QED) is 0.0599. The molecule has 0 saturated carbocycles. The summed E-state index contributed by atoms with van der Waals surface area (Å²) in [7, 11) is 0. The fourth-order valence-corrected chi connectivity index (χ4v) is 9.56. The highest BCUT2D eigenvalue weighted by molar-refractivity contribution is 5.82. The summed E-state index contributed by atoms with van der Waals surface area (Å²) in [5.41, 5.74) is 11.5. The van der Waals surface area contributed by atoms with Crippen LogP contribution in [0.1, 0.15) is 51.4 Å². The van der Waals surface area contributed by atoms with Gasteiger partial charge in [0.25, 0.3) is 0 Å². The molecule has 6 heteroatoms. The van der Waals surface area contributed by atoms with E-state index >= 15 is 0 Å². The SMILES string of the molecule is c1ccc(N(c2ccc(OCCCCCCn3ccc4ccccc43)cc2)c2ccc(-c3ccc(N(c4ccccc4)c4ccc(OCCCCCCn5ccc6ccccc65)cc4)cc3)cc2)cc1. The zero-order valence-corrected chi connectivity index (χ0v) is 40.0. The summed E-state index contributed by atoms with van der Waals surface area (Å²) in [6.07, 6.45) is 13.6. The van der Waals surface area contributed by atoms with E-state index in [9.17, 15) is 0 Å². The van der Waals surface area contributed by atoms with E-state index in [0.29, 0.717) is 0 Å². The minimum atomic E-state index is 0.721. The van der Waals surface area contributed by atoms with Gasteiger partial charge in [0.05, 0.1) is 13.2 Å². The molecule has 2 aromatic heterocycles. The number of aryl methyl sites for hydroxylation is 2. The van der Waals surface area contributed by atoms with Crippen LogP contribution in [0.3, 0.4) is 0 Å². The average Bonchev–Trinajstić information content (AvgIpc) is 4.04. The van der Waals surface area contributed by atoms with Crippen LogP contribution < -0.4 is 19.3 Å². The van der Waals surface area contributed by atoms with E-state index in [2.05, 4.69) is 250 Å². The van der Waals surface area contributed by atoms with Crippen LogP contribution in [-0.2, 0) is 13.1 Å². The number of nitrogens with zero attached hydrogens (tertiary/aromatic N) is 4. The molecule has 0 saturated heterocycles. The number of hydrogen-bond acceptors (Lipinski definition) is 4. The van der Waals surface area contributed by atoms with Crippen molar-refractivity contribution in [2.75, 3.05) is 23.0 Å². The van der Waals surface area contributed by atoms with Crippen molar-refractivity contribution in [1.29, 1.82) is 0 Å². The number of aromatic nitrogens is 2. The van der Waals surface area contributed by atoms with E-state index in [1.165, 1.54) is 47.5 Å². The van der Waals surface area contributed by atoms with Gasteiger partial charge in [0.15, 0.2) is 0 Å². The van der Waals surface area contributed by atoms with Crippen LogP contribution >= 0.6 is 0 Å². The van der Waals surface area contributed by atoms with Crippen LogP contribution in [0.5, 0.6) is 11.5 Å². The Morgan fingerprint density at radius 2 is 0.614 bits per heavy atom. The molecule has 350 valence electrons. The lowest BCUT2D eigenvalue weighted by molar-refractivity contribution is 0.304. The molecular formula is C64H62N4O2. The Morgan fingerprint density at radius 1 is 0.286 bits per heavy atom. The van der Waals surface area contributed by atoms with Crippen molar-refractivity contribution >= 4 is 55.9 Å². The van der Waals surface area contributed by atoms with Gasteiger partial charge in [-0.3, -0.25) is 0 Å². The van der Waals surface area contributed by atoms with E-state index in [1.807, 2.05) is 0 Å². The predicted molar refractivity (Wildman–Crippen MR) is 293 cm³/mol. The summed E-state index contributed by atoms with van der Waals surface area (Å²) in [6, 6.07) is 77.5. The van der Waals surface area contributed by atoms with Crippen molar-refractivity contribution in [2.45, 2.75) is 64.5 Å². The molecule has 0 bridgehead atoms. The van der Waals surface area contributed by atoms with Crippen molar-refractivity contribution in [3.63, 3.8) is 0 Å². The molecule has 2 heterocycles. The zero-order chi connectivity index (χ0) is 47.2. The van der Waals surface area contributed by atoms with Crippen LogP contribution in [0.2, 0.25) is 0 Å². The number of ether oxygens (including phenoxy) is 2. The lowest BCUT2D eigenvalue weighted by Gasteiger charge is -2.26. The van der Waals surface area contributed by atoms with Crippen LogP contribution in [0.15, 0.2) is 231 Å². The minimum Gasteiger partial charge on any atom is -0.494 e. The normalized spacial score (nSPS) is 11.3. The van der Waals surface area contributed by atoms with E-state index in [0.717, 1.165) is 109 Å². The smallest absolute Gasteiger partial charge is 0.119 e. The van der Waals surface area contributed by atoms with E-state index in [4.69, 9.17) is 9.47 Å². The Labute approximate surface area is 413 Å². The van der Waals surface area contributed by atoms with E-state index in [-0.39, 0.29) is 0 Å². The topological polar surface area (TPSA) is 34.8 Å². The Morgan fingerprint density at radius 3 is 1.01 bits per heavy atom. The Hall–Kier alpha value is -7.96. The number of benzene rings is 8. The van der Waals surface area contributed by atoms with Crippen molar-refractivity contribution in [2.24, 2.45) is 0 Å². The van der Waals surface area contributed by atoms with Gasteiger partial charge in [-0.1, -0.05) is 123 Å². The van der Waals surface area contributed by atoms with Crippen molar-refractivity contribution in [3.8, 4) is 22.6 Å². The molecule has 0 aliphatic carbocycles. The second-order valence-corrected chi connectivity index (χ2v) is 18.1. The van der Waals surface area contributed by atoms with Gasteiger partial charge in [-0.15, -0.1) is 0 Å². The molecule has 10 rings (SSSR count). The second kappa shape index (κ2) is 22.9. The summed E-state index contributed by atoms with van der Waals surface area (Å²) >= 11 is 0. The number of para-hydroxylation sites is 4. The number of fused-ring (bicyclic) bond motifs is 2. The molecule has 0 N–H and O–H groups in total. The van der Waals surface area contributed by atoms with Gasteiger partial charge in [0.1, 0.15) is 11.5 Å². The maximum absolute atomic E-state index is 6.21. The zero-order valence-electron chi connectivity index (χ0n) is 40.0. The van der Waals surface area contributed by atoms with Crippen molar-refractivity contribution < 1.29 is 9.47 Å². The molecule has 6 nitrogen and oxygen atoms in total. The highest BCUT2D eigenvalue weighted by Crippen LogP contribution is 2.39. The Kier molecular flexibility index (Phi) is 15.0. The van der Waals surface area contributed by atoms with Crippen molar-refractivity contribution in [3.05, 3.63) is 231 Å². The number of rotatable bonds is 23. The first-order valence-electron chi connectivity index (χ1n) is 25.2. The molecule has 0 aliphatic heterocycles. The van der Waals surface area contributed by atoms with Gasteiger partial charge in [-0.2, -0.15) is 0 Å². The van der Waals surface area contributed by atoms with Crippen molar-refractivity contribution in [1.82, 2.24) is 9.13 Å². The van der Waals surface area contributed by atoms with Crippen LogP contribution in [0.25, 0.3) is 32.9 Å². The molecule has 8 aromatic carbocycles. The van der Waals surface area contributed by atoms with Gasteiger partial charge < -0.3 is 28.4 Å². The lowest BCUT2D eigenvalue weighted by Crippen LogP contribution is -2.10. The van der Waals surface area contributed by atoms with Crippen LogP contribution in [-0.4, -0.2) is 22.3 Å². The molecule has 70 heavy (non-hydrogen) atoms. The van der Waals surface area contributed by atoms with Crippen LogP contribution in [0.4, 0.5) is 34.1 Å². The summed E-state index contributed by atoms with van der Waals surface area (Å²) in [5.74, 6) is 1.80. The standard InChI is InChI=1S/C64H62N4O2/c1(15-45-65-47-43-53-19-11-13-25-63(53)65)3-17-49-69-61-39-35-59(36-40-61)67(55-21-7-5-8-22-55)57-31-27-51(28-32-57)52-29-33-58(34-30-52)68(56-23-9-6-10-24-56)60-37-41-62(42-38-60)70-50-18-4-2-16-46-66-48-44-54-20-12-14-26-64(54)66/h5-14,19-44,47-48H,1-4,15-18,45-46,49-50H2. The molecule has 0 atom stereocenters. The maximum Gasteiger partial charge on any atom is 0.119 e. The molecule has 0 fully saturated rings. The van der Waals surface area contributed by atoms with Gasteiger partial charge >= 0.3 is 0 Å². The number of hydrogen-bond donors (Lipinski definition) is 0. The first-order chi connectivity index (χ1) is 34.7. The molecule has 0 spiro atoms. The molecule has 0 amide bonds. The average molecular weight is 919 g/mol. The highest BCUT2D eigenvalue weighted by Gasteiger charge is 2.15. The Balaban J connectivity index is 0.732. The summed E-state index contributed by atoms with van der Waals surface area (Å²) < 4.78 is 17.2. The van der Waals surface area contributed by atoms with Crippen LogP contribution in [0, 0.1) is 0 Å². The molecular weight excluding hydrogens is 857 g/mol. The lowest BCUT2D eigenvalue weighted by atomic mass is 10.0. The highest BCUT2D eigenvalue weighted by atomic mass is 16.5. The molecule has 0 aliphatic rings. The summed E-state index contributed by atoms with van der Waals surface area (Å²) in [4.78, 5) is 4.60. The largest absolute Gasteiger partial charge is 0.494 e. The monoisotopic (exact) mass is 918 g/mol. The van der Waals surface area contributed by atoms with Gasteiger partial charge in [-0.25, -0.2) is 0 Å². The maximum atomic E-state index is 6.21. The third-order valence-electron chi connectivity index (χ3n) is 13.3. The first kappa shape index (κ1) is 45.8. The second-order valence-electron chi connectivity index (χ2n) is 18.1.